The molecule has 2 fully saturated rings. The molecule has 1 aliphatic carbocycles. The number of hydrogen-bond acceptors (Lipinski definition) is 13. The maximum atomic E-state index is 11.9. The van der Waals surface area contributed by atoms with E-state index in [4.69, 9.17) is 19.3 Å². The van der Waals surface area contributed by atoms with Crippen molar-refractivity contribution < 1.29 is 69.4 Å². The highest BCUT2D eigenvalue weighted by molar-refractivity contribution is 5.76. The molecule has 8 N–H and O–H groups in total. The second-order valence-electron chi connectivity index (χ2n) is 11.3. The largest absolute Gasteiger partial charge is 0.481 e. The highest BCUT2D eigenvalue weighted by Gasteiger charge is 2.57. The van der Waals surface area contributed by atoms with Crippen LogP contribution in [0.2, 0.25) is 0 Å². The van der Waals surface area contributed by atoms with Crippen LogP contribution in [0.5, 0.6) is 0 Å². The molecule has 0 bridgehead atoms. The Hall–Kier alpha value is -1.91. The summed E-state index contributed by atoms with van der Waals surface area (Å²) in [6.45, 7) is 1.04. The monoisotopic (exact) mass is 608 g/mol. The minimum Gasteiger partial charge on any atom is -0.481 e. The molecule has 42 heavy (non-hydrogen) atoms. The summed E-state index contributed by atoms with van der Waals surface area (Å²) in [4.78, 5) is 34.3. The minimum atomic E-state index is -1.85. The van der Waals surface area contributed by atoms with Gasteiger partial charge in [-0.05, 0) is 24.7 Å². The third-order valence-electron chi connectivity index (χ3n) is 7.95. The predicted octanol–water partition coefficient (Wildman–Crippen LogP) is -0.992. The van der Waals surface area contributed by atoms with Crippen LogP contribution in [0.3, 0.4) is 0 Å². The number of carboxylic acids is 1. The van der Waals surface area contributed by atoms with Crippen molar-refractivity contribution >= 4 is 17.9 Å². The molecule has 0 aromatic heterocycles. The zero-order valence-corrected chi connectivity index (χ0v) is 24.1. The third kappa shape index (κ3) is 11.3. The van der Waals surface area contributed by atoms with E-state index in [1.54, 1.807) is 0 Å². The molecule has 1 saturated carbocycles. The molecular formula is C28H48O14. The van der Waals surface area contributed by atoms with Gasteiger partial charge in [0.05, 0.1) is 25.0 Å². The highest BCUT2D eigenvalue weighted by Crippen LogP contribution is 2.48. The van der Waals surface area contributed by atoms with Gasteiger partial charge in [-0.1, -0.05) is 45.4 Å². The van der Waals surface area contributed by atoms with Crippen LogP contribution >= 0.6 is 0 Å². The molecule has 0 aromatic rings. The van der Waals surface area contributed by atoms with Crippen LogP contribution in [0.25, 0.3) is 0 Å². The van der Waals surface area contributed by atoms with E-state index >= 15 is 0 Å². The van der Waals surface area contributed by atoms with Crippen molar-refractivity contribution in [3.63, 3.8) is 0 Å². The second-order valence-corrected chi connectivity index (χ2v) is 11.3. The summed E-state index contributed by atoms with van der Waals surface area (Å²) >= 11 is 0. The first-order chi connectivity index (χ1) is 19.9. The summed E-state index contributed by atoms with van der Waals surface area (Å²) < 4.78 is 15.6. The first-order valence-electron chi connectivity index (χ1n) is 14.8. The lowest BCUT2D eigenvalue weighted by molar-refractivity contribution is -0.238. The van der Waals surface area contributed by atoms with Crippen LogP contribution < -0.4 is 0 Å². The topological polar surface area (TPSA) is 241 Å². The van der Waals surface area contributed by atoms with E-state index in [0.29, 0.717) is 6.42 Å². The van der Waals surface area contributed by atoms with Gasteiger partial charge in [0.2, 0.25) is 0 Å². The summed E-state index contributed by atoms with van der Waals surface area (Å²) in [7, 11) is 0. The number of carbonyl (C=O) groups is 3. The molecule has 0 amide bonds. The Balaban J connectivity index is 1.78. The van der Waals surface area contributed by atoms with Crippen molar-refractivity contribution in [2.24, 2.45) is 11.8 Å². The van der Waals surface area contributed by atoms with Crippen LogP contribution in [0.15, 0.2) is 0 Å². The number of aliphatic carboxylic acids is 1. The molecular weight excluding hydrogens is 560 g/mol. The fourth-order valence-electron chi connectivity index (χ4n) is 5.19. The summed E-state index contributed by atoms with van der Waals surface area (Å²) in [6, 6.07) is 0. The van der Waals surface area contributed by atoms with Crippen LogP contribution in [0.1, 0.15) is 77.6 Å². The summed E-state index contributed by atoms with van der Waals surface area (Å²) in [5.74, 6) is -3.94. The Morgan fingerprint density at radius 2 is 1.40 bits per heavy atom. The smallest absolute Gasteiger partial charge is 0.306 e. The van der Waals surface area contributed by atoms with Gasteiger partial charge in [0.15, 0.2) is 0 Å². The van der Waals surface area contributed by atoms with Gasteiger partial charge in [0.1, 0.15) is 55.9 Å². The first kappa shape index (κ1) is 36.3. The Bertz CT molecular complexity index is 839. The number of aliphatic hydroxyl groups excluding tert-OH is 7. The second kappa shape index (κ2) is 18.0. The zero-order chi connectivity index (χ0) is 31.4. The molecule has 11 atom stereocenters. The molecule has 1 heterocycles. The fourth-order valence-corrected chi connectivity index (χ4v) is 5.19. The number of carboxylic acid groups (broad SMARTS) is 1. The quantitative estimate of drug-likeness (QED) is 0.0611. The minimum absolute atomic E-state index is 0.165. The summed E-state index contributed by atoms with van der Waals surface area (Å²) in [5, 5.41) is 81.3. The average Bonchev–Trinajstić information content (AvgIpc) is 3.76. The Morgan fingerprint density at radius 1 is 0.786 bits per heavy atom. The molecule has 1 saturated heterocycles. The van der Waals surface area contributed by atoms with E-state index in [1.807, 2.05) is 0 Å². The molecule has 5 unspecified atom stereocenters. The lowest BCUT2D eigenvalue weighted by atomic mass is 9.90. The Labute approximate surface area is 245 Å². The molecule has 0 spiro atoms. The number of unbranched alkanes of at least 4 members (excludes halogenated alkanes) is 6. The van der Waals surface area contributed by atoms with E-state index in [1.165, 1.54) is 6.42 Å². The lowest BCUT2D eigenvalue weighted by Crippen LogP contribution is -2.59. The molecule has 14 heteroatoms. The van der Waals surface area contributed by atoms with Gasteiger partial charge in [0, 0.05) is 6.42 Å². The van der Waals surface area contributed by atoms with Crippen molar-refractivity contribution in [2.75, 3.05) is 13.2 Å². The van der Waals surface area contributed by atoms with Crippen molar-refractivity contribution in [2.45, 2.75) is 132 Å². The fraction of sp³-hybridized carbons (Fsp3) is 0.893. The summed E-state index contributed by atoms with van der Waals surface area (Å²) in [5.41, 5.74) is 0. The number of ether oxygens (including phenoxy) is 3. The van der Waals surface area contributed by atoms with Crippen molar-refractivity contribution in [1.29, 1.82) is 0 Å². The van der Waals surface area contributed by atoms with E-state index in [0.717, 1.165) is 32.1 Å². The maximum absolute atomic E-state index is 11.9. The van der Waals surface area contributed by atoms with E-state index < -0.39 is 111 Å². The Kier molecular flexibility index (Phi) is 15.6. The maximum Gasteiger partial charge on any atom is 0.306 e. The number of hydrogen-bond donors (Lipinski definition) is 8. The normalized spacial score (nSPS) is 30.1. The molecule has 2 aliphatic rings. The molecule has 0 aromatic carbocycles. The summed E-state index contributed by atoms with van der Waals surface area (Å²) in [6.07, 6.45) is -7.55. The van der Waals surface area contributed by atoms with Gasteiger partial charge >= 0.3 is 17.9 Å². The van der Waals surface area contributed by atoms with Gasteiger partial charge in [-0.25, -0.2) is 0 Å². The molecule has 244 valence electrons. The van der Waals surface area contributed by atoms with Crippen LogP contribution in [0, 0.1) is 11.8 Å². The zero-order valence-electron chi connectivity index (χ0n) is 24.1. The number of rotatable bonds is 20. The van der Waals surface area contributed by atoms with Gasteiger partial charge in [-0.2, -0.15) is 0 Å². The number of carbonyl (C=O) groups excluding carboxylic acids is 2. The average molecular weight is 609 g/mol. The van der Waals surface area contributed by atoms with Crippen molar-refractivity contribution in [1.82, 2.24) is 0 Å². The van der Waals surface area contributed by atoms with Crippen molar-refractivity contribution in [3.8, 4) is 0 Å². The van der Waals surface area contributed by atoms with Crippen LogP contribution in [-0.2, 0) is 28.6 Å². The number of esters is 2. The van der Waals surface area contributed by atoms with Crippen LogP contribution in [-0.4, -0.2) is 127 Å². The lowest BCUT2D eigenvalue weighted by Gasteiger charge is -2.41. The van der Waals surface area contributed by atoms with Gasteiger partial charge < -0.3 is 55.1 Å². The van der Waals surface area contributed by atoms with E-state index in [2.05, 4.69) is 6.92 Å². The van der Waals surface area contributed by atoms with E-state index in [9.17, 15) is 50.1 Å². The van der Waals surface area contributed by atoms with E-state index in [-0.39, 0.29) is 12.8 Å². The molecule has 0 radical (unpaired) electrons. The van der Waals surface area contributed by atoms with Crippen molar-refractivity contribution in [3.05, 3.63) is 0 Å². The van der Waals surface area contributed by atoms with Gasteiger partial charge in [-0.3, -0.25) is 14.4 Å². The Morgan fingerprint density at radius 3 is 2.05 bits per heavy atom. The number of aliphatic hydroxyl groups is 7. The first-order valence-corrected chi connectivity index (χ1v) is 14.8. The van der Waals surface area contributed by atoms with Gasteiger partial charge in [-0.15, -0.1) is 0 Å². The standard InChI is InChI=1S/C28H48O14/c1-2-3-4-5-6-7-8-9-20(32)40-13-17(29)23(35)25(37)22(34)15-12-16(15)28-27(39)26(38)24(36)18(42-28)14-41-21(33)11-10-19(30)31/h15-18,22-29,34-39H,2-14H2,1H3,(H,30,31)/t15-,16?,17?,18+,22?,23+,24-,25+,26?,27?,28-/m0/s1. The van der Waals surface area contributed by atoms with Crippen LogP contribution in [0.4, 0.5) is 0 Å². The highest BCUT2D eigenvalue weighted by atomic mass is 16.6. The molecule has 2 rings (SSSR count). The third-order valence-corrected chi connectivity index (χ3v) is 7.95. The molecule has 14 nitrogen and oxygen atoms in total. The van der Waals surface area contributed by atoms with Gasteiger partial charge in [0.25, 0.3) is 0 Å². The SMILES string of the molecule is CCCCCCCCCC(=O)OCC(O)[C@@H](O)[C@H](O)C(O)[C@H]1CC1[C@@H]1O[C@H](COC(=O)CCC(=O)O)[C@H](O)C(O)C1O. The molecule has 1 aliphatic heterocycles. The predicted molar refractivity (Wildman–Crippen MR) is 144 cm³/mol.